The van der Waals surface area contributed by atoms with Gasteiger partial charge in [-0.1, -0.05) is 140 Å². The van der Waals surface area contributed by atoms with E-state index in [-0.39, 0.29) is 0 Å². The molecular weight excluding hydrogens is 679 g/mol. The third-order valence-corrected chi connectivity index (χ3v) is 10.7. The summed E-state index contributed by atoms with van der Waals surface area (Å²) in [6, 6.07) is 68.1. The Morgan fingerprint density at radius 1 is 0.304 bits per heavy atom. The zero-order chi connectivity index (χ0) is 38.1. The molecule has 274 valence electrons. The highest BCUT2D eigenvalue weighted by Gasteiger charge is 2.12. The zero-order valence-electron chi connectivity index (χ0n) is 32.2. The van der Waals surface area contributed by atoms with Crippen molar-refractivity contribution in [2.24, 2.45) is 0 Å². The van der Waals surface area contributed by atoms with Crippen molar-refractivity contribution in [1.29, 1.82) is 0 Å². The van der Waals surface area contributed by atoms with E-state index in [1.807, 2.05) is 14.1 Å². The minimum Gasteiger partial charge on any atom is -0.388 e. The summed E-state index contributed by atoms with van der Waals surface area (Å²) in [6.07, 6.45) is 3.99. The number of benzene rings is 7. The Balaban J connectivity index is 1.07. The summed E-state index contributed by atoms with van der Waals surface area (Å²) in [5.41, 5.74) is 18.9. The van der Waals surface area contributed by atoms with Gasteiger partial charge in [0.1, 0.15) is 0 Å². The van der Waals surface area contributed by atoms with Gasteiger partial charge in [0.15, 0.2) is 0 Å². The summed E-state index contributed by atoms with van der Waals surface area (Å²) in [5.74, 6) is 0. The predicted molar refractivity (Wildman–Crippen MR) is 238 cm³/mol. The molecule has 0 spiro atoms. The van der Waals surface area contributed by atoms with E-state index in [4.69, 9.17) is 4.98 Å². The lowest BCUT2D eigenvalue weighted by Crippen LogP contribution is -1.94. The molecule has 0 amide bonds. The van der Waals surface area contributed by atoms with E-state index < -0.39 is 0 Å². The molecule has 56 heavy (non-hydrogen) atoms. The quantitative estimate of drug-likeness (QED) is 0.124. The van der Waals surface area contributed by atoms with Crippen LogP contribution in [0.5, 0.6) is 0 Å². The Kier molecular flexibility index (Phi) is 11.1. The Morgan fingerprint density at radius 2 is 0.679 bits per heavy atom. The monoisotopic (exact) mass is 725 g/mol. The Hall–Kier alpha value is -6.71. The summed E-state index contributed by atoms with van der Waals surface area (Å²) >= 11 is 0. The number of hydrogen-bond acceptors (Lipinski definition) is 3. The van der Waals surface area contributed by atoms with Gasteiger partial charge in [-0.25, -0.2) is 4.98 Å². The summed E-state index contributed by atoms with van der Waals surface area (Å²) in [5, 5.41) is 6.41. The smallest absolute Gasteiger partial charge is 0.0715 e. The van der Waals surface area contributed by atoms with Crippen LogP contribution in [0, 0.1) is 0 Å². The van der Waals surface area contributed by atoms with E-state index in [2.05, 4.69) is 199 Å². The van der Waals surface area contributed by atoms with Gasteiger partial charge >= 0.3 is 0 Å². The van der Waals surface area contributed by atoms with Crippen LogP contribution >= 0.6 is 0 Å². The molecule has 1 heterocycles. The topological polar surface area (TPSA) is 37.0 Å². The first-order valence-electron chi connectivity index (χ1n) is 19.6. The highest BCUT2D eigenvalue weighted by atomic mass is 14.8. The van der Waals surface area contributed by atoms with Crippen LogP contribution in [0.15, 0.2) is 188 Å². The molecule has 2 N–H and O–H groups in total. The van der Waals surface area contributed by atoms with Gasteiger partial charge in [0.2, 0.25) is 0 Å². The third kappa shape index (κ3) is 8.80. The molecule has 0 aliphatic carbocycles. The summed E-state index contributed by atoms with van der Waals surface area (Å²) < 4.78 is 0. The second kappa shape index (κ2) is 17.2. The number of aryl methyl sites for hydroxylation is 4. The van der Waals surface area contributed by atoms with Crippen LogP contribution in [0.1, 0.15) is 22.3 Å². The standard InChI is InChI=1S/C53H47N3/c1-54-50-28-24-38(25-29-50)20-22-40-10-6-14-43(32-40)45-16-8-18-47(34-45)52-36-49(42-12-4-3-5-13-42)37-53(56-52)48-19-9-17-46(35-48)44-15-7-11-41(33-44)23-21-39-26-30-51(55-2)31-27-39/h3-19,24-37,54-55H,20-23H2,1-2H3. The maximum atomic E-state index is 5.35. The molecule has 0 aliphatic heterocycles. The first kappa shape index (κ1) is 36.3. The largest absolute Gasteiger partial charge is 0.388 e. The van der Waals surface area contributed by atoms with Crippen molar-refractivity contribution < 1.29 is 0 Å². The second-order valence-corrected chi connectivity index (χ2v) is 14.4. The molecular formula is C53H47N3. The molecule has 0 saturated carbocycles. The van der Waals surface area contributed by atoms with Crippen molar-refractivity contribution in [3.05, 3.63) is 210 Å². The fourth-order valence-electron chi connectivity index (χ4n) is 7.41. The SMILES string of the molecule is CNc1ccc(CCc2cccc(-c3cccc(-c4cc(-c5ccccc5)cc(-c5cccc(-c6cccc(CCc7ccc(NC)cc7)c6)c5)n4)c3)c2)cc1. The normalized spacial score (nSPS) is 11.0. The molecule has 0 aliphatic rings. The molecule has 7 aromatic carbocycles. The van der Waals surface area contributed by atoms with Crippen molar-refractivity contribution >= 4 is 11.4 Å². The van der Waals surface area contributed by atoms with E-state index in [0.29, 0.717) is 0 Å². The van der Waals surface area contributed by atoms with Crippen LogP contribution in [0.2, 0.25) is 0 Å². The highest BCUT2D eigenvalue weighted by molar-refractivity contribution is 5.80. The van der Waals surface area contributed by atoms with Crippen molar-refractivity contribution in [2.75, 3.05) is 24.7 Å². The van der Waals surface area contributed by atoms with E-state index in [9.17, 15) is 0 Å². The fourth-order valence-corrected chi connectivity index (χ4v) is 7.41. The number of pyridine rings is 1. The zero-order valence-corrected chi connectivity index (χ0v) is 32.2. The highest BCUT2D eigenvalue weighted by Crippen LogP contribution is 2.34. The number of anilines is 2. The average Bonchev–Trinajstić information content (AvgIpc) is 3.28. The lowest BCUT2D eigenvalue weighted by molar-refractivity contribution is 0.961. The van der Waals surface area contributed by atoms with Crippen molar-refractivity contribution in [3.8, 4) is 55.9 Å². The van der Waals surface area contributed by atoms with Crippen LogP contribution in [-0.2, 0) is 25.7 Å². The first-order chi connectivity index (χ1) is 27.6. The van der Waals surface area contributed by atoms with Crippen LogP contribution in [0.3, 0.4) is 0 Å². The van der Waals surface area contributed by atoms with E-state index >= 15 is 0 Å². The van der Waals surface area contributed by atoms with Gasteiger partial charge in [-0.3, -0.25) is 0 Å². The molecule has 1 aromatic heterocycles. The molecule has 0 saturated heterocycles. The number of aromatic nitrogens is 1. The lowest BCUT2D eigenvalue weighted by atomic mass is 9.95. The average molecular weight is 726 g/mol. The summed E-state index contributed by atoms with van der Waals surface area (Å²) in [7, 11) is 3.91. The van der Waals surface area contributed by atoms with Crippen molar-refractivity contribution in [3.63, 3.8) is 0 Å². The maximum absolute atomic E-state index is 5.35. The van der Waals surface area contributed by atoms with E-state index in [1.54, 1.807) is 0 Å². The Morgan fingerprint density at radius 3 is 1.12 bits per heavy atom. The third-order valence-electron chi connectivity index (χ3n) is 10.7. The Labute approximate surface area is 331 Å². The van der Waals surface area contributed by atoms with Gasteiger partial charge in [-0.05, 0) is 130 Å². The minimum atomic E-state index is 0.958. The van der Waals surface area contributed by atoms with Crippen molar-refractivity contribution in [2.45, 2.75) is 25.7 Å². The van der Waals surface area contributed by atoms with Crippen molar-refractivity contribution in [1.82, 2.24) is 4.98 Å². The summed E-state index contributed by atoms with van der Waals surface area (Å²) in [4.78, 5) is 5.35. The van der Waals surface area contributed by atoms with E-state index in [0.717, 1.165) is 65.1 Å². The minimum absolute atomic E-state index is 0.958. The fraction of sp³-hybridized carbons (Fsp3) is 0.113. The van der Waals surface area contributed by atoms with Gasteiger partial charge in [-0.2, -0.15) is 0 Å². The molecule has 0 unspecified atom stereocenters. The predicted octanol–water partition coefficient (Wildman–Crippen LogP) is 13.1. The van der Waals surface area contributed by atoms with E-state index in [1.165, 1.54) is 50.1 Å². The second-order valence-electron chi connectivity index (χ2n) is 14.4. The van der Waals surface area contributed by atoms with Gasteiger partial charge in [0.25, 0.3) is 0 Å². The maximum Gasteiger partial charge on any atom is 0.0715 e. The molecule has 0 atom stereocenters. The first-order valence-corrected chi connectivity index (χ1v) is 19.6. The summed E-state index contributed by atoms with van der Waals surface area (Å²) in [6.45, 7) is 0. The molecule has 3 heteroatoms. The van der Waals surface area contributed by atoms with Crippen LogP contribution in [0.25, 0.3) is 55.9 Å². The van der Waals surface area contributed by atoms with Crippen LogP contribution < -0.4 is 10.6 Å². The van der Waals surface area contributed by atoms with Gasteiger partial charge in [0, 0.05) is 36.6 Å². The van der Waals surface area contributed by atoms with Gasteiger partial charge in [-0.15, -0.1) is 0 Å². The molecule has 8 rings (SSSR count). The number of rotatable bonds is 13. The van der Waals surface area contributed by atoms with Gasteiger partial charge < -0.3 is 10.6 Å². The van der Waals surface area contributed by atoms with Gasteiger partial charge in [0.05, 0.1) is 11.4 Å². The molecule has 3 nitrogen and oxygen atoms in total. The van der Waals surface area contributed by atoms with Crippen LogP contribution in [-0.4, -0.2) is 19.1 Å². The number of nitrogens with zero attached hydrogens (tertiary/aromatic N) is 1. The molecule has 0 radical (unpaired) electrons. The number of nitrogens with one attached hydrogen (secondary N) is 2. The lowest BCUT2D eigenvalue weighted by Gasteiger charge is -2.13. The van der Waals surface area contributed by atoms with Crippen LogP contribution in [0.4, 0.5) is 11.4 Å². The molecule has 0 fully saturated rings. The number of hydrogen-bond donors (Lipinski definition) is 2. The molecule has 8 aromatic rings. The molecule has 0 bridgehead atoms. The Bertz CT molecular complexity index is 2380.